The Morgan fingerprint density at radius 2 is 2.00 bits per heavy atom. The molecule has 0 aliphatic heterocycles. The summed E-state index contributed by atoms with van der Waals surface area (Å²) in [5.41, 5.74) is 7.41. The fraction of sp³-hybridized carbons (Fsp3) is 0.500. The van der Waals surface area contributed by atoms with Gasteiger partial charge in [-0.2, -0.15) is 0 Å². The van der Waals surface area contributed by atoms with Crippen LogP contribution in [0.4, 0.5) is 11.4 Å². The van der Waals surface area contributed by atoms with E-state index in [-0.39, 0.29) is 17.0 Å². The highest BCUT2D eigenvalue weighted by Crippen LogP contribution is 2.31. The number of nitrogens with one attached hydrogen (secondary N) is 1. The van der Waals surface area contributed by atoms with Crippen molar-refractivity contribution >= 4 is 21.4 Å². The summed E-state index contributed by atoms with van der Waals surface area (Å²) in [5, 5.41) is 8.47. The van der Waals surface area contributed by atoms with Crippen LogP contribution in [0.3, 0.4) is 0 Å². The molecule has 2 rings (SSSR count). The van der Waals surface area contributed by atoms with Crippen LogP contribution in [0.15, 0.2) is 17.0 Å². The summed E-state index contributed by atoms with van der Waals surface area (Å²) in [6, 6.07) is 3.39. The lowest BCUT2D eigenvalue weighted by Gasteiger charge is -2.35. The lowest BCUT2D eigenvalue weighted by Crippen LogP contribution is -2.40. The number of benzene rings is 1. The molecule has 19 heavy (non-hydrogen) atoms. The average Bonchev–Trinajstić information content (AvgIpc) is 2.25. The maximum Gasteiger partial charge on any atom is 0.238 e. The van der Waals surface area contributed by atoms with Crippen molar-refractivity contribution in [2.24, 2.45) is 5.14 Å². The monoisotopic (exact) mass is 285 g/mol. The Kier molecular flexibility index (Phi) is 3.71. The first-order valence-corrected chi connectivity index (χ1v) is 7.58. The van der Waals surface area contributed by atoms with Crippen LogP contribution in [0.2, 0.25) is 0 Å². The summed E-state index contributed by atoms with van der Waals surface area (Å²) in [4.78, 5) is 0.0672. The molecule has 0 aromatic heterocycles. The van der Waals surface area contributed by atoms with Gasteiger partial charge in [-0.3, -0.25) is 0 Å². The number of hydrogen-bond acceptors (Lipinski definition) is 5. The molecule has 0 bridgehead atoms. The molecule has 6 nitrogen and oxygen atoms in total. The minimum Gasteiger partial charge on any atom is -0.399 e. The van der Waals surface area contributed by atoms with Gasteiger partial charge >= 0.3 is 0 Å². The smallest absolute Gasteiger partial charge is 0.238 e. The minimum atomic E-state index is -3.76. The molecular formula is C12H19N3O3S. The zero-order valence-electron chi connectivity index (χ0n) is 11.0. The van der Waals surface area contributed by atoms with Gasteiger partial charge < -0.3 is 15.8 Å². The van der Waals surface area contributed by atoms with E-state index in [1.807, 2.05) is 0 Å². The highest BCUT2D eigenvalue weighted by Gasteiger charge is 2.29. The van der Waals surface area contributed by atoms with Gasteiger partial charge in [0.15, 0.2) is 0 Å². The van der Waals surface area contributed by atoms with Gasteiger partial charge in [0, 0.05) is 24.5 Å². The molecule has 1 aromatic carbocycles. The van der Waals surface area contributed by atoms with E-state index >= 15 is 0 Å². The quantitative estimate of drug-likeness (QED) is 0.710. The molecule has 5 N–H and O–H groups in total. The fourth-order valence-corrected chi connectivity index (χ4v) is 3.09. The topological polar surface area (TPSA) is 107 Å². The Labute approximate surface area is 113 Å². The van der Waals surface area contributed by atoms with Crippen LogP contribution in [-0.2, 0) is 14.8 Å². The van der Waals surface area contributed by atoms with Gasteiger partial charge in [-0.1, -0.05) is 0 Å². The number of nitrogens with two attached hydrogens (primary N) is 2. The molecule has 0 unspecified atom stereocenters. The molecule has 1 aromatic rings. The summed E-state index contributed by atoms with van der Waals surface area (Å²) in [6.45, 7) is 1.72. The molecular weight excluding hydrogens is 266 g/mol. The molecule has 0 atom stereocenters. The number of sulfonamides is 1. The molecule has 0 heterocycles. The highest BCUT2D eigenvalue weighted by molar-refractivity contribution is 7.89. The number of primary sulfonamides is 1. The predicted octanol–water partition coefficient (Wildman–Crippen LogP) is 0.814. The first kappa shape index (κ1) is 14.1. The van der Waals surface area contributed by atoms with Crippen molar-refractivity contribution in [3.8, 4) is 0 Å². The lowest BCUT2D eigenvalue weighted by molar-refractivity contribution is 0.0328. The second-order valence-electron chi connectivity index (χ2n) is 4.91. The van der Waals surface area contributed by atoms with Crippen LogP contribution < -0.4 is 16.2 Å². The van der Waals surface area contributed by atoms with E-state index in [9.17, 15) is 8.42 Å². The van der Waals surface area contributed by atoms with E-state index in [1.54, 1.807) is 20.1 Å². The molecule has 0 spiro atoms. The summed E-state index contributed by atoms with van der Waals surface area (Å²) in [7, 11) is -2.08. The average molecular weight is 285 g/mol. The predicted molar refractivity (Wildman–Crippen MR) is 74.4 cm³/mol. The van der Waals surface area contributed by atoms with E-state index in [0.29, 0.717) is 16.9 Å². The third-order valence-corrected chi connectivity index (χ3v) is 4.51. The lowest BCUT2D eigenvalue weighted by atomic mass is 9.89. The normalized spacial score (nSPS) is 22.9. The Bertz CT molecular complexity index is 580. The van der Waals surface area contributed by atoms with E-state index in [4.69, 9.17) is 15.6 Å². The first-order valence-electron chi connectivity index (χ1n) is 6.03. The molecule has 1 aliphatic rings. The molecule has 0 radical (unpaired) electrons. The van der Waals surface area contributed by atoms with Crippen molar-refractivity contribution in [1.82, 2.24) is 0 Å². The molecule has 1 aliphatic carbocycles. The van der Waals surface area contributed by atoms with E-state index in [0.717, 1.165) is 12.8 Å². The van der Waals surface area contributed by atoms with Crippen LogP contribution in [-0.4, -0.2) is 27.7 Å². The molecule has 106 valence electrons. The zero-order valence-corrected chi connectivity index (χ0v) is 11.8. The largest absolute Gasteiger partial charge is 0.399 e. The second-order valence-corrected chi connectivity index (χ2v) is 6.44. The second kappa shape index (κ2) is 4.99. The summed E-state index contributed by atoms with van der Waals surface area (Å²) >= 11 is 0. The number of nitrogen functional groups attached to an aromatic ring is 1. The molecule has 1 saturated carbocycles. The number of anilines is 2. The van der Waals surface area contributed by atoms with Crippen LogP contribution >= 0.6 is 0 Å². The SMILES string of the molecule is COC1CC(Nc2cc(N)cc(S(N)(=O)=O)c2C)C1. The Morgan fingerprint density at radius 3 is 2.53 bits per heavy atom. The molecule has 7 heteroatoms. The number of ether oxygens (including phenoxy) is 1. The van der Waals surface area contributed by atoms with Gasteiger partial charge in [0.1, 0.15) is 0 Å². The van der Waals surface area contributed by atoms with E-state index < -0.39 is 10.0 Å². The van der Waals surface area contributed by atoms with E-state index in [1.165, 1.54) is 6.07 Å². The number of hydrogen-bond donors (Lipinski definition) is 3. The van der Waals surface area contributed by atoms with E-state index in [2.05, 4.69) is 5.32 Å². The van der Waals surface area contributed by atoms with Crippen molar-refractivity contribution in [2.45, 2.75) is 36.8 Å². The zero-order chi connectivity index (χ0) is 14.2. The van der Waals surface area contributed by atoms with Gasteiger partial charge in [0.25, 0.3) is 0 Å². The number of methoxy groups -OCH3 is 1. The fourth-order valence-electron chi connectivity index (χ4n) is 2.25. The van der Waals surface area contributed by atoms with Crippen LogP contribution in [0.1, 0.15) is 18.4 Å². The summed E-state index contributed by atoms with van der Waals surface area (Å²) in [6.07, 6.45) is 2.07. The van der Waals surface area contributed by atoms with Gasteiger partial charge in [0.2, 0.25) is 10.0 Å². The van der Waals surface area contributed by atoms with Crippen molar-refractivity contribution in [1.29, 1.82) is 0 Å². The highest BCUT2D eigenvalue weighted by atomic mass is 32.2. The Balaban J connectivity index is 2.24. The number of rotatable bonds is 4. The maximum absolute atomic E-state index is 11.5. The van der Waals surface area contributed by atoms with Crippen LogP contribution in [0.25, 0.3) is 0 Å². The summed E-state index contributed by atoms with van der Waals surface area (Å²) < 4.78 is 28.2. The van der Waals surface area contributed by atoms with Crippen molar-refractivity contribution < 1.29 is 13.2 Å². The molecule has 1 fully saturated rings. The maximum atomic E-state index is 11.5. The van der Waals surface area contributed by atoms with Crippen molar-refractivity contribution in [3.05, 3.63) is 17.7 Å². The first-order chi connectivity index (χ1) is 8.81. The van der Waals surface area contributed by atoms with Gasteiger partial charge in [0.05, 0.1) is 11.0 Å². The third-order valence-electron chi connectivity index (χ3n) is 3.48. The minimum absolute atomic E-state index is 0.0672. The standard InChI is InChI=1S/C12H19N3O3S/c1-7-11(15-9-5-10(6-9)18-2)3-8(13)4-12(7)19(14,16)17/h3-4,9-10,15H,5-6,13H2,1-2H3,(H2,14,16,17). The Morgan fingerprint density at radius 1 is 1.37 bits per heavy atom. The van der Waals surface area contributed by atoms with Gasteiger partial charge in [-0.25, -0.2) is 13.6 Å². The van der Waals surface area contributed by atoms with Crippen LogP contribution in [0.5, 0.6) is 0 Å². The van der Waals surface area contributed by atoms with Crippen molar-refractivity contribution in [2.75, 3.05) is 18.2 Å². The summed E-state index contributed by atoms with van der Waals surface area (Å²) in [5.74, 6) is 0. The van der Waals surface area contributed by atoms with Crippen molar-refractivity contribution in [3.63, 3.8) is 0 Å². The third kappa shape index (κ3) is 2.99. The molecule has 0 saturated heterocycles. The molecule has 0 amide bonds. The van der Waals surface area contributed by atoms with Gasteiger partial charge in [-0.15, -0.1) is 0 Å². The van der Waals surface area contributed by atoms with Crippen LogP contribution in [0, 0.1) is 6.92 Å². The van der Waals surface area contributed by atoms with Gasteiger partial charge in [-0.05, 0) is 37.5 Å². The Hall–Kier alpha value is -1.31.